The smallest absolute Gasteiger partial charge is 0.309 e. The predicted octanol–water partition coefficient (Wildman–Crippen LogP) is 1.85. The second-order valence-electron chi connectivity index (χ2n) is 5.29. The van der Waals surface area contributed by atoms with Gasteiger partial charge < -0.3 is 15.1 Å². The van der Waals surface area contributed by atoms with Gasteiger partial charge in [0.15, 0.2) is 0 Å². The number of aromatic hydroxyl groups is 1. The summed E-state index contributed by atoms with van der Waals surface area (Å²) in [6.07, 6.45) is -0.0579. The lowest BCUT2D eigenvalue weighted by molar-refractivity contribution is -0.151. The monoisotopic (exact) mass is 265 g/mol. The van der Waals surface area contributed by atoms with Crippen LogP contribution in [0.5, 0.6) is 5.75 Å². The van der Waals surface area contributed by atoms with Crippen LogP contribution in [-0.2, 0) is 16.1 Å². The highest BCUT2D eigenvalue weighted by Gasteiger charge is 2.31. The van der Waals surface area contributed by atoms with Crippen LogP contribution in [0.25, 0.3) is 0 Å². The van der Waals surface area contributed by atoms with Crippen molar-refractivity contribution in [3.8, 4) is 5.75 Å². The maximum absolute atomic E-state index is 12.0. The van der Waals surface area contributed by atoms with Gasteiger partial charge in [-0.3, -0.25) is 9.59 Å². The molecule has 19 heavy (non-hydrogen) atoms. The summed E-state index contributed by atoms with van der Waals surface area (Å²) in [5.74, 6) is -1.09. The first-order chi connectivity index (χ1) is 8.72. The normalized spacial score (nSPS) is 11.1. The zero-order valence-corrected chi connectivity index (χ0v) is 11.4. The molecule has 0 atom stereocenters. The number of aliphatic carboxylic acids is 1. The third kappa shape index (κ3) is 4.28. The molecule has 0 aromatic heterocycles. The molecule has 0 bridgehead atoms. The number of rotatable bonds is 5. The van der Waals surface area contributed by atoms with Crippen molar-refractivity contribution in [1.29, 1.82) is 0 Å². The highest BCUT2D eigenvalue weighted by Crippen LogP contribution is 2.22. The number of phenols is 1. The lowest BCUT2D eigenvalue weighted by Crippen LogP contribution is -2.34. The van der Waals surface area contributed by atoms with Gasteiger partial charge in [-0.15, -0.1) is 0 Å². The summed E-state index contributed by atoms with van der Waals surface area (Å²) in [6, 6.07) is 6.63. The van der Waals surface area contributed by atoms with Crippen molar-refractivity contribution in [2.75, 3.05) is 7.05 Å². The fraction of sp³-hybridized carbons (Fsp3) is 0.429. The second kappa shape index (κ2) is 5.73. The number of carbonyl (C=O) groups excluding carboxylic acids is 1. The molecule has 0 saturated heterocycles. The number of nitrogens with zero attached hydrogens (tertiary/aromatic N) is 1. The third-order valence-electron chi connectivity index (χ3n) is 2.93. The summed E-state index contributed by atoms with van der Waals surface area (Å²) in [6.45, 7) is 3.38. The standard InChI is InChI=1S/C14H19NO4/c1-14(2,13(18)19)8-12(17)15(3)9-10-5-4-6-11(16)7-10/h4-7,16H,8-9H2,1-3H3,(H,18,19). The first kappa shape index (κ1) is 15.0. The fourth-order valence-corrected chi connectivity index (χ4v) is 1.61. The zero-order valence-electron chi connectivity index (χ0n) is 11.4. The summed E-state index contributed by atoms with van der Waals surface area (Å²) in [7, 11) is 1.62. The Labute approximate surface area is 112 Å². The summed E-state index contributed by atoms with van der Waals surface area (Å²) in [5.41, 5.74) is -0.284. The molecule has 0 aliphatic carbocycles. The van der Waals surface area contributed by atoms with E-state index in [9.17, 15) is 14.7 Å². The van der Waals surface area contributed by atoms with Gasteiger partial charge in [0.2, 0.25) is 5.91 Å². The van der Waals surface area contributed by atoms with Crippen molar-refractivity contribution in [3.63, 3.8) is 0 Å². The maximum atomic E-state index is 12.0. The van der Waals surface area contributed by atoms with Gasteiger partial charge in [0.05, 0.1) is 5.41 Å². The third-order valence-corrected chi connectivity index (χ3v) is 2.93. The lowest BCUT2D eigenvalue weighted by atomic mass is 9.89. The van der Waals surface area contributed by atoms with E-state index in [2.05, 4.69) is 0 Å². The predicted molar refractivity (Wildman–Crippen MR) is 70.6 cm³/mol. The Balaban J connectivity index is 2.66. The Morgan fingerprint density at radius 3 is 2.47 bits per heavy atom. The van der Waals surface area contributed by atoms with Gasteiger partial charge in [-0.25, -0.2) is 0 Å². The van der Waals surface area contributed by atoms with E-state index in [1.807, 2.05) is 0 Å². The molecule has 0 spiro atoms. The number of carbonyl (C=O) groups is 2. The Bertz CT molecular complexity index is 482. The van der Waals surface area contributed by atoms with E-state index >= 15 is 0 Å². The van der Waals surface area contributed by atoms with Crippen LogP contribution in [0.1, 0.15) is 25.8 Å². The van der Waals surface area contributed by atoms with Crippen LogP contribution in [-0.4, -0.2) is 34.0 Å². The first-order valence-corrected chi connectivity index (χ1v) is 5.97. The van der Waals surface area contributed by atoms with E-state index in [4.69, 9.17) is 5.11 Å². The van der Waals surface area contributed by atoms with E-state index in [-0.39, 0.29) is 18.1 Å². The molecule has 1 amide bonds. The van der Waals surface area contributed by atoms with E-state index in [1.54, 1.807) is 31.3 Å². The quantitative estimate of drug-likeness (QED) is 0.851. The van der Waals surface area contributed by atoms with E-state index < -0.39 is 11.4 Å². The summed E-state index contributed by atoms with van der Waals surface area (Å²) >= 11 is 0. The number of carboxylic acids is 1. The molecular formula is C14H19NO4. The SMILES string of the molecule is CN(Cc1cccc(O)c1)C(=O)CC(C)(C)C(=O)O. The van der Waals surface area contributed by atoms with Crippen molar-refractivity contribution in [2.24, 2.45) is 5.41 Å². The second-order valence-corrected chi connectivity index (χ2v) is 5.29. The average Bonchev–Trinajstić information content (AvgIpc) is 2.28. The number of amides is 1. The van der Waals surface area contributed by atoms with Crippen molar-refractivity contribution in [3.05, 3.63) is 29.8 Å². The summed E-state index contributed by atoms with van der Waals surface area (Å²) in [5, 5.41) is 18.3. The number of benzene rings is 1. The number of carboxylic acid groups (broad SMARTS) is 1. The topological polar surface area (TPSA) is 77.8 Å². The molecule has 104 valence electrons. The zero-order chi connectivity index (χ0) is 14.6. The van der Waals surface area contributed by atoms with Gasteiger partial charge in [-0.05, 0) is 31.5 Å². The Kier molecular flexibility index (Phi) is 4.53. The highest BCUT2D eigenvalue weighted by molar-refractivity contribution is 5.84. The summed E-state index contributed by atoms with van der Waals surface area (Å²) in [4.78, 5) is 24.4. The largest absolute Gasteiger partial charge is 0.508 e. The molecule has 0 aliphatic heterocycles. The van der Waals surface area contributed by atoms with Crippen LogP contribution in [0.3, 0.4) is 0 Å². The molecule has 0 saturated carbocycles. The molecule has 0 fully saturated rings. The Morgan fingerprint density at radius 2 is 1.95 bits per heavy atom. The van der Waals surface area contributed by atoms with Gasteiger partial charge in [-0.1, -0.05) is 12.1 Å². The van der Waals surface area contributed by atoms with Crippen molar-refractivity contribution in [2.45, 2.75) is 26.8 Å². The van der Waals surface area contributed by atoms with Crippen LogP contribution >= 0.6 is 0 Å². The van der Waals surface area contributed by atoms with Gasteiger partial charge in [0, 0.05) is 20.0 Å². The molecular weight excluding hydrogens is 246 g/mol. The average molecular weight is 265 g/mol. The van der Waals surface area contributed by atoms with Crippen molar-refractivity contribution in [1.82, 2.24) is 4.90 Å². The minimum Gasteiger partial charge on any atom is -0.508 e. The minimum atomic E-state index is -1.08. The molecule has 1 aromatic carbocycles. The molecule has 0 aliphatic rings. The Morgan fingerprint density at radius 1 is 1.32 bits per heavy atom. The van der Waals surface area contributed by atoms with Crippen molar-refractivity contribution < 1.29 is 19.8 Å². The maximum Gasteiger partial charge on any atom is 0.309 e. The van der Waals surface area contributed by atoms with E-state index in [0.29, 0.717) is 6.54 Å². The van der Waals surface area contributed by atoms with Gasteiger partial charge in [0.25, 0.3) is 0 Å². The van der Waals surface area contributed by atoms with Crippen LogP contribution < -0.4 is 0 Å². The van der Waals surface area contributed by atoms with Crippen LogP contribution in [0, 0.1) is 5.41 Å². The molecule has 5 nitrogen and oxygen atoms in total. The van der Waals surface area contributed by atoms with Crippen molar-refractivity contribution >= 4 is 11.9 Å². The molecule has 0 radical (unpaired) electrons. The molecule has 0 unspecified atom stereocenters. The van der Waals surface area contributed by atoms with E-state index in [1.165, 1.54) is 18.7 Å². The van der Waals surface area contributed by atoms with Crippen LogP contribution in [0.2, 0.25) is 0 Å². The molecule has 0 heterocycles. The molecule has 1 rings (SSSR count). The summed E-state index contributed by atoms with van der Waals surface area (Å²) < 4.78 is 0. The van der Waals surface area contributed by atoms with Crippen LogP contribution in [0.4, 0.5) is 0 Å². The lowest BCUT2D eigenvalue weighted by Gasteiger charge is -2.23. The Hall–Kier alpha value is -2.04. The van der Waals surface area contributed by atoms with Gasteiger partial charge in [-0.2, -0.15) is 0 Å². The van der Waals surface area contributed by atoms with Gasteiger partial charge in [0.1, 0.15) is 5.75 Å². The van der Waals surface area contributed by atoms with E-state index in [0.717, 1.165) is 5.56 Å². The molecule has 1 aromatic rings. The first-order valence-electron chi connectivity index (χ1n) is 5.97. The van der Waals surface area contributed by atoms with Crippen LogP contribution in [0.15, 0.2) is 24.3 Å². The number of hydrogen-bond acceptors (Lipinski definition) is 3. The fourth-order valence-electron chi connectivity index (χ4n) is 1.61. The van der Waals surface area contributed by atoms with Gasteiger partial charge >= 0.3 is 5.97 Å². The highest BCUT2D eigenvalue weighted by atomic mass is 16.4. The molecule has 2 N–H and O–H groups in total. The minimum absolute atomic E-state index is 0.0579. The number of hydrogen-bond donors (Lipinski definition) is 2. The number of phenolic OH excluding ortho intramolecular Hbond substituents is 1. The molecule has 5 heteroatoms.